The Hall–Kier alpha value is -1.31. The second kappa shape index (κ2) is 3.67. The highest BCUT2D eigenvalue weighted by Gasteiger charge is 1.84. The van der Waals surface area contributed by atoms with Gasteiger partial charge in [0.05, 0.1) is 0 Å². The van der Waals surface area contributed by atoms with E-state index in [1.165, 1.54) is 0 Å². The van der Waals surface area contributed by atoms with Gasteiger partial charge in [-0.3, -0.25) is 0 Å². The fourth-order valence-corrected chi connectivity index (χ4v) is 0.580. The molecule has 0 aromatic heterocycles. The number of hydrogen-bond donors (Lipinski definition) is 0. The van der Waals surface area contributed by atoms with Crippen LogP contribution in [0, 0.1) is 0 Å². The van der Waals surface area contributed by atoms with E-state index in [1.807, 2.05) is 30.3 Å². The van der Waals surface area contributed by atoms with E-state index in [4.69, 9.17) is 4.84 Å². The average molecular weight is 134 g/mol. The predicted molar refractivity (Wildman–Crippen MR) is 40.2 cm³/mol. The van der Waals surface area contributed by atoms with Crippen molar-refractivity contribution in [2.45, 2.75) is 6.92 Å². The Balaban J connectivity index is 2.59. The molecule has 51 valence electrons. The van der Waals surface area contributed by atoms with Crippen molar-refractivity contribution in [1.29, 1.82) is 0 Å². The fraction of sp³-hybridized carbons (Fsp3) is 0.125. The van der Waals surface area contributed by atoms with E-state index >= 15 is 0 Å². The Labute approximate surface area is 60.1 Å². The van der Waals surface area contributed by atoms with Crippen LogP contribution in [0.1, 0.15) is 6.92 Å². The molecule has 0 saturated carbocycles. The van der Waals surface area contributed by atoms with Gasteiger partial charge in [0.2, 0.25) is 0 Å². The summed E-state index contributed by atoms with van der Waals surface area (Å²) in [5.74, 6) is 0.733. The maximum absolute atomic E-state index is 4.87. The Morgan fingerprint density at radius 3 is 2.60 bits per heavy atom. The highest BCUT2D eigenvalue weighted by molar-refractivity contribution is 5.52. The summed E-state index contributed by atoms with van der Waals surface area (Å²) in [6.07, 6.45) is 2.52. The molecule has 0 heterocycles. The normalized spacial score (nSPS) is 10.1. The van der Waals surface area contributed by atoms with Gasteiger partial charge in [0, 0.05) is 0 Å². The van der Waals surface area contributed by atoms with Crippen molar-refractivity contribution in [3.63, 3.8) is 0 Å². The topological polar surface area (TPSA) is 21.6 Å². The van der Waals surface area contributed by atoms with Gasteiger partial charge in [-0.15, -0.1) is 0 Å². The van der Waals surface area contributed by atoms with E-state index in [9.17, 15) is 0 Å². The summed E-state index contributed by atoms with van der Waals surface area (Å²) in [6, 6.07) is 9.37. The third-order valence-electron chi connectivity index (χ3n) is 0.986. The van der Waals surface area contributed by atoms with Gasteiger partial charge < -0.3 is 4.84 Å². The van der Waals surface area contributed by atoms with Gasteiger partial charge in [0.25, 0.3) is 0 Å². The summed E-state index contributed by atoms with van der Waals surface area (Å²) in [5.41, 5.74) is 0. The van der Waals surface area contributed by atoms with E-state index in [-0.39, 0.29) is 0 Å². The molecule has 1 rings (SSSR count). The monoisotopic (exact) mass is 134 g/mol. The minimum atomic E-state index is 0.733. The highest BCUT2D eigenvalue weighted by atomic mass is 16.6. The Kier molecular flexibility index (Phi) is 2.49. The molecule has 0 fully saturated rings. The lowest BCUT2D eigenvalue weighted by molar-refractivity contribution is 0.343. The molecule has 0 aliphatic rings. The first-order valence-electron chi connectivity index (χ1n) is 3.02. The minimum Gasteiger partial charge on any atom is -0.357 e. The van der Waals surface area contributed by atoms with Crippen LogP contribution in [0.3, 0.4) is 0 Å². The zero-order valence-electron chi connectivity index (χ0n) is 5.74. The lowest BCUT2D eigenvalue weighted by atomic mass is 10.3. The SMILES string of the molecule is C/[C]=N\Oc1ccccc1. The van der Waals surface area contributed by atoms with Gasteiger partial charge in [0.1, 0.15) is 6.21 Å². The summed E-state index contributed by atoms with van der Waals surface area (Å²) in [6.45, 7) is 1.68. The van der Waals surface area contributed by atoms with Crippen LogP contribution in [0.15, 0.2) is 35.5 Å². The third kappa shape index (κ3) is 1.90. The first-order valence-corrected chi connectivity index (χ1v) is 3.02. The van der Waals surface area contributed by atoms with Gasteiger partial charge in [0.15, 0.2) is 5.75 Å². The van der Waals surface area contributed by atoms with Crippen LogP contribution in [0.25, 0.3) is 0 Å². The van der Waals surface area contributed by atoms with Crippen LogP contribution in [0.4, 0.5) is 0 Å². The molecule has 1 radical (unpaired) electrons. The predicted octanol–water partition coefficient (Wildman–Crippen LogP) is 1.95. The van der Waals surface area contributed by atoms with Crippen LogP contribution in [-0.4, -0.2) is 6.21 Å². The van der Waals surface area contributed by atoms with Gasteiger partial charge in [-0.1, -0.05) is 23.4 Å². The van der Waals surface area contributed by atoms with Crippen molar-refractivity contribution < 1.29 is 4.84 Å². The molecule has 1 aromatic rings. The van der Waals surface area contributed by atoms with Crippen molar-refractivity contribution in [1.82, 2.24) is 0 Å². The van der Waals surface area contributed by atoms with Gasteiger partial charge >= 0.3 is 0 Å². The summed E-state index contributed by atoms with van der Waals surface area (Å²) in [7, 11) is 0. The second-order valence-corrected chi connectivity index (χ2v) is 1.72. The molecular formula is C8H8NO. The Bertz CT molecular complexity index is 206. The zero-order valence-corrected chi connectivity index (χ0v) is 5.74. The third-order valence-corrected chi connectivity index (χ3v) is 0.986. The molecule has 2 heteroatoms. The fourth-order valence-electron chi connectivity index (χ4n) is 0.580. The van der Waals surface area contributed by atoms with Crippen LogP contribution in [0.2, 0.25) is 0 Å². The lowest BCUT2D eigenvalue weighted by Gasteiger charge is -1.93. The first-order chi connectivity index (χ1) is 4.93. The smallest absolute Gasteiger partial charge is 0.157 e. The molecule has 0 atom stereocenters. The molecular weight excluding hydrogens is 126 g/mol. The van der Waals surface area contributed by atoms with E-state index in [2.05, 4.69) is 11.4 Å². The molecule has 0 aliphatic heterocycles. The minimum absolute atomic E-state index is 0.733. The summed E-state index contributed by atoms with van der Waals surface area (Å²) in [5, 5.41) is 3.49. The van der Waals surface area contributed by atoms with Crippen LogP contribution >= 0.6 is 0 Å². The molecule has 0 unspecified atom stereocenters. The maximum atomic E-state index is 4.87. The molecule has 0 N–H and O–H groups in total. The first kappa shape index (κ1) is 6.81. The van der Waals surface area contributed by atoms with E-state index in [0.717, 1.165) is 5.75 Å². The molecule has 0 aliphatic carbocycles. The zero-order chi connectivity index (χ0) is 7.23. The van der Waals surface area contributed by atoms with Gasteiger partial charge in [-0.2, -0.15) is 0 Å². The van der Waals surface area contributed by atoms with Crippen LogP contribution < -0.4 is 4.84 Å². The van der Waals surface area contributed by atoms with Gasteiger partial charge in [-0.25, -0.2) is 0 Å². The molecule has 0 saturated heterocycles. The van der Waals surface area contributed by atoms with Crippen molar-refractivity contribution in [2.75, 3.05) is 0 Å². The number of rotatable bonds is 2. The van der Waals surface area contributed by atoms with E-state index in [0.29, 0.717) is 0 Å². The van der Waals surface area contributed by atoms with Crippen LogP contribution in [-0.2, 0) is 0 Å². The number of nitrogens with zero attached hydrogens (tertiary/aromatic N) is 1. The summed E-state index contributed by atoms with van der Waals surface area (Å²) in [4.78, 5) is 4.87. The molecule has 0 bridgehead atoms. The standard InChI is InChI=1S/C8H8NO/c1-2-9-10-8-6-4-3-5-7-8/h3-7H,1H3. The summed E-state index contributed by atoms with van der Waals surface area (Å²) >= 11 is 0. The van der Waals surface area contributed by atoms with E-state index < -0.39 is 0 Å². The molecule has 2 nitrogen and oxygen atoms in total. The largest absolute Gasteiger partial charge is 0.357 e. The number of para-hydroxylation sites is 1. The lowest BCUT2D eigenvalue weighted by Crippen LogP contribution is -1.80. The quantitative estimate of drug-likeness (QED) is 0.447. The second-order valence-electron chi connectivity index (χ2n) is 1.72. The van der Waals surface area contributed by atoms with Crippen molar-refractivity contribution in [2.24, 2.45) is 5.16 Å². The Morgan fingerprint density at radius 2 is 2.00 bits per heavy atom. The molecule has 1 aromatic carbocycles. The van der Waals surface area contributed by atoms with Gasteiger partial charge in [-0.05, 0) is 19.1 Å². The average Bonchev–Trinajstić information content (AvgIpc) is 2.03. The van der Waals surface area contributed by atoms with Crippen molar-refractivity contribution >= 4 is 6.21 Å². The molecule has 0 spiro atoms. The van der Waals surface area contributed by atoms with Crippen molar-refractivity contribution in [3.8, 4) is 5.75 Å². The Morgan fingerprint density at radius 1 is 1.30 bits per heavy atom. The summed E-state index contributed by atoms with van der Waals surface area (Å²) < 4.78 is 0. The number of benzene rings is 1. The number of hydrogen-bond acceptors (Lipinski definition) is 2. The highest BCUT2D eigenvalue weighted by Crippen LogP contribution is 2.07. The maximum Gasteiger partial charge on any atom is 0.157 e. The van der Waals surface area contributed by atoms with E-state index in [1.54, 1.807) is 6.92 Å². The van der Waals surface area contributed by atoms with Crippen LogP contribution in [0.5, 0.6) is 5.75 Å². The molecule has 10 heavy (non-hydrogen) atoms. The molecule has 0 amide bonds. The van der Waals surface area contributed by atoms with Crippen molar-refractivity contribution in [3.05, 3.63) is 30.3 Å².